The third-order valence-corrected chi connectivity index (χ3v) is 4.01. The predicted octanol–water partition coefficient (Wildman–Crippen LogP) is 3.13. The van der Waals surface area contributed by atoms with Crippen molar-refractivity contribution in [2.75, 3.05) is 7.05 Å². The van der Waals surface area contributed by atoms with Crippen LogP contribution in [0.1, 0.15) is 16.7 Å². The topological polar surface area (TPSA) is 61.8 Å². The Hall–Kier alpha value is -1.56. The van der Waals surface area contributed by atoms with Crippen LogP contribution in [0.25, 0.3) is 0 Å². The first-order chi connectivity index (χ1) is 9.60. The molecule has 2 rings (SSSR count). The normalized spacial score (nSPS) is 12.1. The highest BCUT2D eigenvalue weighted by Crippen LogP contribution is 2.20. The molecule has 1 aromatic heterocycles. The molecule has 0 radical (unpaired) electrons. The van der Waals surface area contributed by atoms with E-state index >= 15 is 0 Å². The van der Waals surface area contributed by atoms with Crippen molar-refractivity contribution in [3.8, 4) is 0 Å². The summed E-state index contributed by atoms with van der Waals surface area (Å²) >= 11 is 7.93. The molecule has 0 saturated heterocycles. The molecule has 0 aliphatic carbocycles. The number of nitrogens with zero attached hydrogens (tertiary/aromatic N) is 2. The molecule has 0 aliphatic heterocycles. The van der Waals surface area contributed by atoms with Gasteiger partial charge < -0.3 is 10.9 Å². The van der Waals surface area contributed by atoms with E-state index in [-0.39, 0.29) is 5.84 Å². The highest BCUT2D eigenvalue weighted by molar-refractivity contribution is 7.07. The average Bonchev–Trinajstić information content (AvgIpc) is 2.93. The lowest BCUT2D eigenvalue weighted by molar-refractivity contribution is 0.318. The summed E-state index contributed by atoms with van der Waals surface area (Å²) in [7, 11) is 2.05. The molecule has 106 valence electrons. The summed E-state index contributed by atoms with van der Waals surface area (Å²) in [6, 6.07) is 7.53. The van der Waals surface area contributed by atoms with E-state index in [2.05, 4.69) is 26.9 Å². The molecule has 2 aromatic rings. The fourth-order valence-electron chi connectivity index (χ4n) is 1.93. The van der Waals surface area contributed by atoms with E-state index in [1.807, 2.05) is 13.1 Å². The Morgan fingerprint density at radius 2 is 2.20 bits per heavy atom. The van der Waals surface area contributed by atoms with Gasteiger partial charge in [0.15, 0.2) is 5.84 Å². The van der Waals surface area contributed by atoms with Crippen LogP contribution in [0.2, 0.25) is 5.02 Å². The molecule has 0 saturated carbocycles. The summed E-state index contributed by atoms with van der Waals surface area (Å²) in [6.45, 7) is 1.62. The van der Waals surface area contributed by atoms with Gasteiger partial charge in [-0.3, -0.25) is 4.90 Å². The molecule has 1 heterocycles. The number of rotatable bonds is 5. The average molecular weight is 310 g/mol. The lowest BCUT2D eigenvalue weighted by atomic mass is 10.1. The monoisotopic (exact) mass is 309 g/mol. The van der Waals surface area contributed by atoms with Gasteiger partial charge in [-0.15, -0.1) is 0 Å². The summed E-state index contributed by atoms with van der Waals surface area (Å²) in [5.74, 6) is 0.0603. The maximum Gasteiger partial charge on any atom is 0.170 e. The molecule has 0 aliphatic rings. The SMILES string of the molecule is CN(Cc1ccsc1)Cc1ccc(/C(N)=N/O)cc1Cl. The van der Waals surface area contributed by atoms with Crippen LogP contribution in [0.3, 0.4) is 0 Å². The minimum absolute atomic E-state index is 0.0603. The minimum atomic E-state index is 0.0603. The van der Waals surface area contributed by atoms with Gasteiger partial charge in [-0.25, -0.2) is 0 Å². The smallest absolute Gasteiger partial charge is 0.170 e. The van der Waals surface area contributed by atoms with Crippen molar-refractivity contribution in [1.82, 2.24) is 4.90 Å². The molecule has 0 unspecified atom stereocenters. The standard InChI is InChI=1S/C14H16ClN3OS/c1-18(7-10-4-5-20-9-10)8-12-3-2-11(6-13(12)15)14(16)17-19/h2-6,9,19H,7-8H2,1H3,(H2,16,17). The summed E-state index contributed by atoms with van der Waals surface area (Å²) in [4.78, 5) is 2.19. The lowest BCUT2D eigenvalue weighted by Crippen LogP contribution is -2.18. The van der Waals surface area contributed by atoms with Crippen LogP contribution in [-0.4, -0.2) is 23.0 Å². The summed E-state index contributed by atoms with van der Waals surface area (Å²) < 4.78 is 0. The minimum Gasteiger partial charge on any atom is -0.409 e. The van der Waals surface area contributed by atoms with Crippen molar-refractivity contribution in [3.05, 3.63) is 56.7 Å². The van der Waals surface area contributed by atoms with Crippen molar-refractivity contribution in [2.45, 2.75) is 13.1 Å². The van der Waals surface area contributed by atoms with Crippen LogP contribution in [0.4, 0.5) is 0 Å². The van der Waals surface area contributed by atoms with Gasteiger partial charge in [0.25, 0.3) is 0 Å². The number of oxime groups is 1. The van der Waals surface area contributed by atoms with E-state index in [1.54, 1.807) is 23.5 Å². The van der Waals surface area contributed by atoms with Crippen molar-refractivity contribution in [1.29, 1.82) is 0 Å². The third-order valence-electron chi connectivity index (χ3n) is 2.93. The first-order valence-electron chi connectivity index (χ1n) is 6.06. The lowest BCUT2D eigenvalue weighted by Gasteiger charge is -2.17. The van der Waals surface area contributed by atoms with E-state index in [4.69, 9.17) is 22.5 Å². The molecule has 0 atom stereocenters. The van der Waals surface area contributed by atoms with Gasteiger partial charge in [-0.2, -0.15) is 11.3 Å². The first kappa shape index (κ1) is 14.8. The molecular formula is C14H16ClN3OS. The second-order valence-electron chi connectivity index (χ2n) is 4.60. The van der Waals surface area contributed by atoms with Gasteiger partial charge in [0, 0.05) is 23.7 Å². The molecule has 4 nitrogen and oxygen atoms in total. The largest absolute Gasteiger partial charge is 0.409 e. The third kappa shape index (κ3) is 3.72. The maximum absolute atomic E-state index is 8.65. The van der Waals surface area contributed by atoms with Crippen molar-refractivity contribution in [2.24, 2.45) is 10.9 Å². The van der Waals surface area contributed by atoms with Crippen LogP contribution in [0.15, 0.2) is 40.2 Å². The summed E-state index contributed by atoms with van der Waals surface area (Å²) in [6.07, 6.45) is 0. The molecule has 0 amide bonds. The number of thiophene rings is 1. The number of nitrogens with two attached hydrogens (primary N) is 1. The molecule has 20 heavy (non-hydrogen) atoms. The Balaban J connectivity index is 2.06. The Morgan fingerprint density at radius 1 is 1.40 bits per heavy atom. The zero-order valence-electron chi connectivity index (χ0n) is 11.1. The van der Waals surface area contributed by atoms with E-state index < -0.39 is 0 Å². The van der Waals surface area contributed by atoms with Crippen LogP contribution < -0.4 is 5.73 Å². The van der Waals surface area contributed by atoms with E-state index in [0.29, 0.717) is 10.6 Å². The number of benzene rings is 1. The van der Waals surface area contributed by atoms with Gasteiger partial charge >= 0.3 is 0 Å². The van der Waals surface area contributed by atoms with E-state index in [1.165, 1.54) is 5.56 Å². The predicted molar refractivity (Wildman–Crippen MR) is 83.5 cm³/mol. The second kappa shape index (κ2) is 6.74. The van der Waals surface area contributed by atoms with E-state index in [0.717, 1.165) is 18.7 Å². The summed E-state index contributed by atoms with van der Waals surface area (Å²) in [5, 5.41) is 16.4. The fourth-order valence-corrected chi connectivity index (χ4v) is 2.83. The fraction of sp³-hybridized carbons (Fsp3) is 0.214. The Bertz CT molecular complexity index is 598. The van der Waals surface area contributed by atoms with Crippen LogP contribution in [0.5, 0.6) is 0 Å². The Kier molecular flexibility index (Phi) is 5.00. The van der Waals surface area contributed by atoms with Gasteiger partial charge in [0.2, 0.25) is 0 Å². The Morgan fingerprint density at radius 3 is 2.80 bits per heavy atom. The van der Waals surface area contributed by atoms with Crippen molar-refractivity contribution < 1.29 is 5.21 Å². The van der Waals surface area contributed by atoms with Gasteiger partial charge in [-0.1, -0.05) is 28.9 Å². The Labute approximate surface area is 127 Å². The van der Waals surface area contributed by atoms with Crippen LogP contribution in [-0.2, 0) is 13.1 Å². The van der Waals surface area contributed by atoms with Gasteiger partial charge in [-0.05, 0) is 41.1 Å². The molecular weight excluding hydrogens is 294 g/mol. The zero-order valence-corrected chi connectivity index (χ0v) is 12.7. The highest BCUT2D eigenvalue weighted by Gasteiger charge is 2.08. The number of amidine groups is 1. The number of hydrogen-bond acceptors (Lipinski definition) is 4. The number of hydrogen-bond donors (Lipinski definition) is 2. The van der Waals surface area contributed by atoms with Gasteiger partial charge in [0.05, 0.1) is 0 Å². The molecule has 0 bridgehead atoms. The molecule has 0 spiro atoms. The van der Waals surface area contributed by atoms with Crippen LogP contribution >= 0.6 is 22.9 Å². The molecule has 3 N–H and O–H groups in total. The van der Waals surface area contributed by atoms with E-state index in [9.17, 15) is 0 Å². The van der Waals surface area contributed by atoms with Crippen molar-refractivity contribution >= 4 is 28.8 Å². The zero-order chi connectivity index (χ0) is 14.5. The quantitative estimate of drug-likeness (QED) is 0.386. The van der Waals surface area contributed by atoms with Crippen LogP contribution in [0, 0.1) is 0 Å². The van der Waals surface area contributed by atoms with Crippen molar-refractivity contribution in [3.63, 3.8) is 0 Å². The number of halogens is 1. The molecule has 1 aromatic carbocycles. The molecule has 6 heteroatoms. The highest BCUT2D eigenvalue weighted by atomic mass is 35.5. The maximum atomic E-state index is 8.65. The molecule has 0 fully saturated rings. The first-order valence-corrected chi connectivity index (χ1v) is 7.38. The second-order valence-corrected chi connectivity index (χ2v) is 5.78. The summed E-state index contributed by atoms with van der Waals surface area (Å²) in [5.41, 5.74) is 8.46. The van der Waals surface area contributed by atoms with Gasteiger partial charge in [0.1, 0.15) is 0 Å².